The number of carbonyl (C=O) groups excluding carboxylic acids is 2. The zero-order valence-electron chi connectivity index (χ0n) is 18.3. The molecule has 164 valence electrons. The van der Waals surface area contributed by atoms with Crippen LogP contribution in [0.5, 0.6) is 0 Å². The zero-order valence-corrected chi connectivity index (χ0v) is 18.3. The van der Waals surface area contributed by atoms with Gasteiger partial charge in [0.25, 0.3) is 0 Å². The lowest BCUT2D eigenvalue weighted by Crippen LogP contribution is -2.41. The molecule has 4 rings (SSSR count). The Morgan fingerprint density at radius 2 is 2.00 bits per heavy atom. The van der Waals surface area contributed by atoms with Crippen molar-refractivity contribution in [3.8, 4) is 0 Å². The predicted octanol–water partition coefficient (Wildman–Crippen LogP) is 3.79. The number of fused-ring (bicyclic) bond motifs is 3. The summed E-state index contributed by atoms with van der Waals surface area (Å²) < 4.78 is 16.8. The van der Waals surface area contributed by atoms with Crippen molar-refractivity contribution in [3.63, 3.8) is 0 Å². The van der Waals surface area contributed by atoms with E-state index in [0.717, 1.165) is 11.8 Å². The van der Waals surface area contributed by atoms with Gasteiger partial charge in [0.2, 0.25) is 0 Å². The number of hydrogen-bond acceptors (Lipinski definition) is 8. The Morgan fingerprint density at radius 1 is 1.23 bits per heavy atom. The molecule has 0 saturated carbocycles. The molecule has 8 nitrogen and oxygen atoms in total. The van der Waals surface area contributed by atoms with Crippen LogP contribution in [0, 0.1) is 0 Å². The van der Waals surface area contributed by atoms with Crippen LogP contribution in [-0.4, -0.2) is 46.7 Å². The summed E-state index contributed by atoms with van der Waals surface area (Å²) in [7, 11) is 0. The van der Waals surface area contributed by atoms with Gasteiger partial charge >= 0.3 is 11.9 Å². The maximum Gasteiger partial charge on any atom is 0.329 e. The van der Waals surface area contributed by atoms with E-state index < -0.39 is 17.6 Å². The van der Waals surface area contributed by atoms with Crippen molar-refractivity contribution in [1.29, 1.82) is 0 Å². The van der Waals surface area contributed by atoms with Gasteiger partial charge in [-0.05, 0) is 52.7 Å². The lowest BCUT2D eigenvalue weighted by molar-refractivity contribution is -0.156. The highest BCUT2D eigenvalue weighted by Crippen LogP contribution is 2.36. The number of carbonyl (C=O) groups is 2. The third-order valence-corrected chi connectivity index (χ3v) is 5.06. The van der Waals surface area contributed by atoms with E-state index in [-0.39, 0.29) is 19.0 Å². The quantitative estimate of drug-likeness (QED) is 0.570. The van der Waals surface area contributed by atoms with E-state index in [1.807, 2.05) is 49.9 Å². The zero-order chi connectivity index (χ0) is 22.2. The molecule has 1 aliphatic heterocycles. The first-order chi connectivity index (χ1) is 14.8. The molecule has 1 aliphatic rings. The van der Waals surface area contributed by atoms with Gasteiger partial charge in [-0.1, -0.05) is 12.1 Å². The molecular weight excluding hydrogens is 398 g/mol. The molecule has 1 saturated heterocycles. The molecule has 1 fully saturated rings. The lowest BCUT2D eigenvalue weighted by Gasteiger charge is -2.28. The van der Waals surface area contributed by atoms with Crippen molar-refractivity contribution in [3.05, 3.63) is 30.1 Å². The topological polar surface area (TPSA) is 94.8 Å². The Hall–Kier alpha value is -3.16. The summed E-state index contributed by atoms with van der Waals surface area (Å²) in [5.74, 6) is 0.154. The number of anilines is 1. The van der Waals surface area contributed by atoms with Crippen LogP contribution in [0.3, 0.4) is 0 Å². The first-order valence-electron chi connectivity index (χ1n) is 10.6. The monoisotopic (exact) mass is 425 g/mol. The van der Waals surface area contributed by atoms with Gasteiger partial charge in [0.15, 0.2) is 11.4 Å². The SMILES string of the molecule is CCOC(=O)Cc1nc(N2CCC[C@H]2C(=O)OC(C)(C)C)c2oc3ccccc3c2n1. The number of hydrogen-bond donors (Lipinski definition) is 0. The highest BCUT2D eigenvalue weighted by molar-refractivity contribution is 6.06. The molecule has 0 radical (unpaired) electrons. The number of aromatic nitrogens is 2. The van der Waals surface area contributed by atoms with E-state index >= 15 is 0 Å². The van der Waals surface area contributed by atoms with E-state index in [1.54, 1.807) is 6.92 Å². The lowest BCUT2D eigenvalue weighted by atomic mass is 10.1. The van der Waals surface area contributed by atoms with Gasteiger partial charge in [0.1, 0.15) is 35.0 Å². The molecule has 1 atom stereocenters. The van der Waals surface area contributed by atoms with E-state index in [0.29, 0.717) is 41.3 Å². The molecule has 31 heavy (non-hydrogen) atoms. The van der Waals surface area contributed by atoms with Crippen molar-refractivity contribution >= 4 is 39.8 Å². The molecule has 3 aromatic rings. The maximum absolute atomic E-state index is 12.9. The predicted molar refractivity (Wildman–Crippen MR) is 116 cm³/mol. The second kappa shape index (κ2) is 8.17. The molecule has 8 heteroatoms. The molecule has 0 amide bonds. The van der Waals surface area contributed by atoms with Crippen molar-refractivity contribution in [2.24, 2.45) is 0 Å². The van der Waals surface area contributed by atoms with Crippen LogP contribution < -0.4 is 4.90 Å². The van der Waals surface area contributed by atoms with Gasteiger partial charge in [-0.3, -0.25) is 4.79 Å². The summed E-state index contributed by atoms with van der Waals surface area (Å²) in [6.07, 6.45) is 1.43. The van der Waals surface area contributed by atoms with E-state index in [2.05, 4.69) is 9.97 Å². The molecule has 0 unspecified atom stereocenters. The van der Waals surface area contributed by atoms with E-state index in [1.165, 1.54) is 0 Å². The number of nitrogens with zero attached hydrogens (tertiary/aromatic N) is 3. The highest BCUT2D eigenvalue weighted by Gasteiger charge is 2.37. The van der Waals surface area contributed by atoms with Crippen molar-refractivity contribution in [1.82, 2.24) is 9.97 Å². The van der Waals surface area contributed by atoms with Gasteiger partial charge in [-0.2, -0.15) is 0 Å². The molecule has 0 N–H and O–H groups in total. The van der Waals surface area contributed by atoms with Crippen LogP contribution in [-0.2, 0) is 25.5 Å². The number of rotatable bonds is 5. The number of esters is 2. The summed E-state index contributed by atoms with van der Waals surface area (Å²) in [6, 6.07) is 7.10. The molecule has 3 heterocycles. The maximum atomic E-state index is 12.9. The molecule has 1 aromatic carbocycles. The standard InChI is InChI=1S/C23H27N3O5/c1-5-29-18(27)13-17-24-19-14-9-6-7-11-16(14)30-20(19)21(25-17)26-12-8-10-15(26)22(28)31-23(2,3)4/h6-7,9,11,15H,5,8,10,12-13H2,1-4H3/t15-/m0/s1. The van der Waals surface area contributed by atoms with Crippen LogP contribution in [0.25, 0.3) is 22.1 Å². The Morgan fingerprint density at radius 3 is 2.74 bits per heavy atom. The highest BCUT2D eigenvalue weighted by atomic mass is 16.6. The summed E-state index contributed by atoms with van der Waals surface area (Å²) in [4.78, 5) is 36.1. The fourth-order valence-electron chi connectivity index (χ4n) is 3.87. The van der Waals surface area contributed by atoms with Crippen molar-refractivity contribution in [2.75, 3.05) is 18.1 Å². The summed E-state index contributed by atoms with van der Waals surface area (Å²) in [5, 5.41) is 0.833. The summed E-state index contributed by atoms with van der Waals surface area (Å²) >= 11 is 0. The van der Waals surface area contributed by atoms with Crippen LogP contribution >= 0.6 is 0 Å². The molecule has 2 aromatic heterocycles. The summed E-state index contributed by atoms with van der Waals surface area (Å²) in [6.45, 7) is 8.23. The molecule has 0 aliphatic carbocycles. The van der Waals surface area contributed by atoms with Crippen LogP contribution in [0.15, 0.2) is 28.7 Å². The van der Waals surface area contributed by atoms with Gasteiger partial charge in [-0.25, -0.2) is 14.8 Å². The fraction of sp³-hybridized carbons (Fsp3) is 0.478. The Labute approximate surface area is 180 Å². The summed E-state index contributed by atoms with van der Waals surface area (Å²) in [5.41, 5.74) is 1.22. The normalized spacial score (nSPS) is 16.8. The first kappa shape index (κ1) is 21.1. The molecule has 0 spiro atoms. The second-order valence-electron chi connectivity index (χ2n) is 8.61. The van der Waals surface area contributed by atoms with Gasteiger partial charge in [0, 0.05) is 11.9 Å². The minimum Gasteiger partial charge on any atom is -0.466 e. The third-order valence-electron chi connectivity index (χ3n) is 5.06. The Bertz CT molecular complexity index is 1130. The second-order valence-corrected chi connectivity index (χ2v) is 8.61. The van der Waals surface area contributed by atoms with E-state index in [4.69, 9.17) is 13.9 Å². The minimum absolute atomic E-state index is 0.0543. The smallest absolute Gasteiger partial charge is 0.329 e. The van der Waals surface area contributed by atoms with Crippen molar-refractivity contribution < 1.29 is 23.5 Å². The third kappa shape index (κ3) is 4.33. The van der Waals surface area contributed by atoms with E-state index in [9.17, 15) is 9.59 Å². The fourth-order valence-corrected chi connectivity index (χ4v) is 3.87. The number of ether oxygens (including phenoxy) is 2. The molecule has 0 bridgehead atoms. The number of benzene rings is 1. The average molecular weight is 425 g/mol. The molecular formula is C23H27N3O5. The van der Waals surface area contributed by atoms with Gasteiger partial charge in [0.05, 0.1) is 6.61 Å². The van der Waals surface area contributed by atoms with Crippen LogP contribution in [0.4, 0.5) is 5.82 Å². The average Bonchev–Trinajstić information content (AvgIpc) is 3.31. The first-order valence-corrected chi connectivity index (χ1v) is 10.6. The number of para-hydroxylation sites is 1. The minimum atomic E-state index is -0.583. The van der Waals surface area contributed by atoms with Gasteiger partial charge in [-0.15, -0.1) is 0 Å². The Balaban J connectivity index is 1.81. The van der Waals surface area contributed by atoms with Crippen molar-refractivity contribution in [2.45, 2.75) is 58.6 Å². The van der Waals surface area contributed by atoms with Crippen LogP contribution in [0.1, 0.15) is 46.4 Å². The van der Waals surface area contributed by atoms with Gasteiger partial charge < -0.3 is 18.8 Å². The largest absolute Gasteiger partial charge is 0.466 e. The number of furan rings is 1. The Kier molecular flexibility index (Phi) is 5.56. The van der Waals surface area contributed by atoms with Crippen LogP contribution in [0.2, 0.25) is 0 Å².